The van der Waals surface area contributed by atoms with Crippen LogP contribution in [0.5, 0.6) is 0 Å². The fourth-order valence-electron chi connectivity index (χ4n) is 2.54. The summed E-state index contributed by atoms with van der Waals surface area (Å²) in [6.07, 6.45) is -7.70. The smallest absolute Gasteiger partial charge is 0.340 e. The molecule has 4 nitrogen and oxygen atoms in total. The van der Waals surface area contributed by atoms with Crippen LogP contribution in [0.3, 0.4) is 0 Å². The van der Waals surface area contributed by atoms with Crippen LogP contribution in [-0.4, -0.2) is 10.9 Å². The number of nitrogens with zero attached hydrogens (tertiary/aromatic N) is 1. The number of anilines is 3. The molecule has 0 spiro atoms. The molecule has 2 aromatic carbocycles. The minimum atomic E-state index is -4.54. The highest BCUT2D eigenvalue weighted by atomic mass is 19.4. The zero-order valence-electron chi connectivity index (χ0n) is 15.0. The molecular formula is C20H13F6N3O. The molecule has 0 aliphatic rings. The van der Waals surface area contributed by atoms with Gasteiger partial charge >= 0.3 is 12.4 Å². The van der Waals surface area contributed by atoms with E-state index in [1.807, 2.05) is 0 Å². The Balaban J connectivity index is 1.81. The van der Waals surface area contributed by atoms with Crippen molar-refractivity contribution in [1.82, 2.24) is 4.98 Å². The molecule has 1 heterocycles. The molecule has 3 rings (SSSR count). The zero-order valence-corrected chi connectivity index (χ0v) is 15.0. The van der Waals surface area contributed by atoms with Crippen LogP contribution in [0.2, 0.25) is 0 Å². The number of carbonyl (C=O) groups excluding carboxylic acids is 1. The molecule has 0 saturated carbocycles. The largest absolute Gasteiger partial charge is 0.416 e. The van der Waals surface area contributed by atoms with Crippen molar-refractivity contribution < 1.29 is 31.1 Å². The summed E-state index contributed by atoms with van der Waals surface area (Å²) in [7, 11) is 0. The van der Waals surface area contributed by atoms with Crippen molar-refractivity contribution in [2.24, 2.45) is 0 Å². The van der Waals surface area contributed by atoms with Gasteiger partial charge in [0.05, 0.1) is 16.7 Å². The van der Waals surface area contributed by atoms with Gasteiger partial charge in [-0.05, 0) is 54.6 Å². The van der Waals surface area contributed by atoms with Crippen LogP contribution in [0.4, 0.5) is 43.5 Å². The van der Waals surface area contributed by atoms with Gasteiger partial charge in [0.15, 0.2) is 0 Å². The molecule has 0 fully saturated rings. The molecule has 0 atom stereocenters. The minimum absolute atomic E-state index is 0.00481. The third-order valence-electron chi connectivity index (χ3n) is 3.98. The number of rotatable bonds is 4. The van der Waals surface area contributed by atoms with E-state index in [-0.39, 0.29) is 22.8 Å². The van der Waals surface area contributed by atoms with Gasteiger partial charge in [0.2, 0.25) is 0 Å². The first-order valence-corrected chi connectivity index (χ1v) is 8.42. The summed E-state index contributed by atoms with van der Waals surface area (Å²) in [5.41, 5.74) is -1.57. The summed E-state index contributed by atoms with van der Waals surface area (Å²) in [6, 6.07) is 11.0. The molecular weight excluding hydrogens is 412 g/mol. The fourth-order valence-corrected chi connectivity index (χ4v) is 2.54. The van der Waals surface area contributed by atoms with Crippen LogP contribution < -0.4 is 10.6 Å². The van der Waals surface area contributed by atoms with Crippen molar-refractivity contribution >= 4 is 23.1 Å². The Hall–Kier alpha value is -3.56. The highest BCUT2D eigenvalue weighted by molar-refractivity contribution is 6.07. The number of carbonyl (C=O) groups is 1. The lowest BCUT2D eigenvalue weighted by molar-refractivity contribution is -0.138. The Morgan fingerprint density at radius 2 is 1.43 bits per heavy atom. The molecule has 2 N–H and O–H groups in total. The fraction of sp³-hybridized carbons (Fsp3) is 0.100. The number of hydrogen-bond acceptors (Lipinski definition) is 3. The summed E-state index contributed by atoms with van der Waals surface area (Å²) >= 11 is 0. The van der Waals surface area contributed by atoms with Crippen LogP contribution in [0.15, 0.2) is 66.9 Å². The Morgan fingerprint density at radius 1 is 0.767 bits per heavy atom. The first-order valence-electron chi connectivity index (χ1n) is 8.42. The predicted molar refractivity (Wildman–Crippen MR) is 98.4 cm³/mol. The van der Waals surface area contributed by atoms with Gasteiger partial charge in [-0.25, -0.2) is 4.98 Å². The van der Waals surface area contributed by atoms with E-state index < -0.39 is 29.4 Å². The molecule has 1 amide bonds. The highest BCUT2D eigenvalue weighted by Crippen LogP contribution is 2.32. The number of pyridine rings is 1. The maximum Gasteiger partial charge on any atom is 0.416 e. The molecule has 1 aromatic heterocycles. The van der Waals surface area contributed by atoms with Gasteiger partial charge in [-0.2, -0.15) is 26.3 Å². The van der Waals surface area contributed by atoms with E-state index in [9.17, 15) is 31.1 Å². The third-order valence-corrected chi connectivity index (χ3v) is 3.98. The van der Waals surface area contributed by atoms with Crippen LogP contribution in [0, 0.1) is 0 Å². The van der Waals surface area contributed by atoms with Crippen LogP contribution >= 0.6 is 0 Å². The van der Waals surface area contributed by atoms with E-state index in [4.69, 9.17) is 0 Å². The lowest BCUT2D eigenvalue weighted by Crippen LogP contribution is -2.15. The van der Waals surface area contributed by atoms with Gasteiger partial charge in [-0.3, -0.25) is 4.79 Å². The second kappa shape index (κ2) is 8.05. The zero-order chi connectivity index (χ0) is 21.9. The molecule has 0 aliphatic carbocycles. The summed E-state index contributed by atoms with van der Waals surface area (Å²) < 4.78 is 76.5. The van der Waals surface area contributed by atoms with Crippen LogP contribution in [0.1, 0.15) is 21.5 Å². The maximum absolute atomic E-state index is 12.9. The topological polar surface area (TPSA) is 54.0 Å². The number of hydrogen-bond donors (Lipinski definition) is 2. The summed E-state index contributed by atoms with van der Waals surface area (Å²) in [4.78, 5) is 16.5. The predicted octanol–water partition coefficient (Wildman–Crippen LogP) is 6.12. The maximum atomic E-state index is 12.9. The first kappa shape index (κ1) is 21.2. The molecule has 0 saturated heterocycles. The van der Waals surface area contributed by atoms with Gasteiger partial charge in [0, 0.05) is 17.6 Å². The Kier molecular flexibility index (Phi) is 5.68. The Morgan fingerprint density at radius 3 is 2.07 bits per heavy atom. The van der Waals surface area contributed by atoms with E-state index in [1.165, 1.54) is 30.5 Å². The van der Waals surface area contributed by atoms with Crippen molar-refractivity contribution in [3.63, 3.8) is 0 Å². The Bertz CT molecular complexity index is 1050. The molecule has 0 unspecified atom stereocenters. The monoisotopic (exact) mass is 425 g/mol. The number of nitrogens with one attached hydrogen (secondary N) is 2. The van der Waals surface area contributed by atoms with Crippen LogP contribution in [-0.2, 0) is 12.4 Å². The van der Waals surface area contributed by atoms with Gasteiger partial charge in [-0.15, -0.1) is 0 Å². The average Bonchev–Trinajstić information content (AvgIpc) is 2.67. The lowest BCUT2D eigenvalue weighted by atomic mass is 10.1. The number of benzene rings is 2. The quantitative estimate of drug-likeness (QED) is 0.496. The molecule has 156 valence electrons. The standard InChI is InChI=1S/C20H13F6N3O/c21-19(22,23)12-6-8-14(9-7-12)29-18(30)16-5-2-10-27-17(16)28-15-4-1-3-13(11-15)20(24,25)26/h1-11H,(H,27,28)(H,29,30). The molecule has 0 aliphatic heterocycles. The van der Waals surface area contributed by atoms with Gasteiger partial charge in [0.25, 0.3) is 5.91 Å². The summed E-state index contributed by atoms with van der Waals surface area (Å²) in [5, 5.41) is 5.09. The second-order valence-electron chi connectivity index (χ2n) is 6.13. The first-order chi connectivity index (χ1) is 14.0. The lowest BCUT2D eigenvalue weighted by Gasteiger charge is -2.13. The van der Waals surface area contributed by atoms with E-state index >= 15 is 0 Å². The molecule has 3 aromatic rings. The molecule has 0 radical (unpaired) electrons. The molecule has 10 heteroatoms. The van der Waals surface area contributed by atoms with Crippen molar-refractivity contribution in [1.29, 1.82) is 0 Å². The summed E-state index contributed by atoms with van der Waals surface area (Å²) in [6.45, 7) is 0. The molecule has 0 bridgehead atoms. The molecule has 30 heavy (non-hydrogen) atoms. The van der Waals surface area contributed by atoms with E-state index in [0.29, 0.717) is 0 Å². The van der Waals surface area contributed by atoms with Crippen molar-refractivity contribution in [3.8, 4) is 0 Å². The Labute approximate surface area is 166 Å². The van der Waals surface area contributed by atoms with Crippen molar-refractivity contribution in [3.05, 3.63) is 83.6 Å². The van der Waals surface area contributed by atoms with Crippen molar-refractivity contribution in [2.75, 3.05) is 10.6 Å². The van der Waals surface area contributed by atoms with Gasteiger partial charge < -0.3 is 10.6 Å². The third kappa shape index (κ3) is 5.07. The van der Waals surface area contributed by atoms with E-state index in [1.54, 1.807) is 0 Å². The van der Waals surface area contributed by atoms with Crippen LogP contribution in [0.25, 0.3) is 0 Å². The average molecular weight is 425 g/mol. The van der Waals surface area contributed by atoms with E-state index in [0.717, 1.165) is 36.4 Å². The number of aromatic nitrogens is 1. The normalized spacial score (nSPS) is 11.8. The summed E-state index contributed by atoms with van der Waals surface area (Å²) in [5.74, 6) is -0.710. The van der Waals surface area contributed by atoms with Gasteiger partial charge in [0.1, 0.15) is 5.82 Å². The highest BCUT2D eigenvalue weighted by Gasteiger charge is 2.31. The SMILES string of the molecule is O=C(Nc1ccc(C(F)(F)F)cc1)c1cccnc1Nc1cccc(C(F)(F)F)c1. The number of halogens is 6. The van der Waals surface area contributed by atoms with Crippen molar-refractivity contribution in [2.45, 2.75) is 12.4 Å². The number of alkyl halides is 6. The second-order valence-corrected chi connectivity index (χ2v) is 6.13. The number of amides is 1. The minimum Gasteiger partial charge on any atom is -0.340 e. The van der Waals surface area contributed by atoms with E-state index in [2.05, 4.69) is 15.6 Å². The van der Waals surface area contributed by atoms with Gasteiger partial charge in [-0.1, -0.05) is 6.07 Å².